The van der Waals surface area contributed by atoms with Crippen molar-refractivity contribution in [1.82, 2.24) is 10.6 Å². The second-order valence-corrected chi connectivity index (χ2v) is 6.11. The summed E-state index contributed by atoms with van der Waals surface area (Å²) in [5.74, 6) is 1.06. The molecule has 2 N–H and O–H groups in total. The summed E-state index contributed by atoms with van der Waals surface area (Å²) in [5, 5.41) is 15.2. The van der Waals surface area contributed by atoms with Gasteiger partial charge in [-0.25, -0.2) is 9.38 Å². The Morgan fingerprint density at radius 3 is 2.67 bits per heavy atom. The number of nitrogens with one attached hydrogen (secondary N) is 2. The van der Waals surface area contributed by atoms with Crippen LogP contribution in [-0.4, -0.2) is 26.2 Å². The average molecular weight is 368 g/mol. The topological polar surface area (TPSA) is 69.4 Å². The first-order valence-corrected chi connectivity index (χ1v) is 8.91. The highest BCUT2D eigenvalue weighted by Gasteiger charge is 2.06. The summed E-state index contributed by atoms with van der Waals surface area (Å²) in [6.45, 7) is 5.59. The minimum Gasteiger partial charge on any atom is -0.496 e. The van der Waals surface area contributed by atoms with Crippen molar-refractivity contribution in [3.05, 3.63) is 64.5 Å². The number of ether oxygens (including phenoxy) is 1. The molecule has 0 radical (unpaired) electrons. The molecule has 0 aliphatic heterocycles. The normalized spacial score (nSPS) is 11.0. The molecule has 2 aromatic carbocycles. The third kappa shape index (κ3) is 6.00. The van der Waals surface area contributed by atoms with E-state index in [1.807, 2.05) is 32.0 Å². The summed E-state index contributed by atoms with van der Waals surface area (Å²) in [7, 11) is 1.67. The number of methoxy groups -OCH3 is 1. The van der Waals surface area contributed by atoms with Crippen LogP contribution in [0.2, 0.25) is 0 Å². The van der Waals surface area contributed by atoms with Crippen LogP contribution in [0.3, 0.4) is 0 Å². The fourth-order valence-corrected chi connectivity index (χ4v) is 2.67. The molecule has 0 saturated carbocycles. The molecular formula is C21H25FN4O. The second kappa shape index (κ2) is 10.2. The molecule has 2 rings (SSSR count). The molecule has 0 bridgehead atoms. The van der Waals surface area contributed by atoms with E-state index in [-0.39, 0.29) is 6.54 Å². The van der Waals surface area contributed by atoms with E-state index < -0.39 is 5.82 Å². The van der Waals surface area contributed by atoms with Crippen molar-refractivity contribution in [2.45, 2.75) is 26.8 Å². The molecule has 0 heterocycles. The number of hydrogen-bond donors (Lipinski definition) is 2. The number of hydrogen-bond acceptors (Lipinski definition) is 3. The monoisotopic (exact) mass is 368 g/mol. The van der Waals surface area contributed by atoms with E-state index >= 15 is 0 Å². The maximum absolute atomic E-state index is 14.0. The fraction of sp³-hybridized carbons (Fsp3) is 0.333. The fourth-order valence-electron chi connectivity index (χ4n) is 2.67. The summed E-state index contributed by atoms with van der Waals surface area (Å²) < 4.78 is 19.4. The summed E-state index contributed by atoms with van der Waals surface area (Å²) in [4.78, 5) is 4.43. The van der Waals surface area contributed by atoms with Gasteiger partial charge in [0.1, 0.15) is 11.6 Å². The molecule has 0 amide bonds. The van der Waals surface area contributed by atoms with Gasteiger partial charge in [-0.15, -0.1) is 0 Å². The number of benzene rings is 2. The van der Waals surface area contributed by atoms with Crippen molar-refractivity contribution in [1.29, 1.82) is 5.26 Å². The zero-order valence-corrected chi connectivity index (χ0v) is 16.0. The molecule has 2 aromatic rings. The number of aliphatic imine (C=N–C) groups is 1. The molecule has 0 unspecified atom stereocenters. The van der Waals surface area contributed by atoms with Gasteiger partial charge in [0.15, 0.2) is 5.96 Å². The van der Waals surface area contributed by atoms with Crippen molar-refractivity contribution in [2.24, 2.45) is 4.99 Å². The van der Waals surface area contributed by atoms with Crippen molar-refractivity contribution in [3.63, 3.8) is 0 Å². The Bertz CT molecular complexity index is 843. The summed E-state index contributed by atoms with van der Waals surface area (Å²) in [5.41, 5.74) is 3.06. The number of nitrogens with zero attached hydrogens (tertiary/aromatic N) is 2. The first kappa shape index (κ1) is 20.2. The van der Waals surface area contributed by atoms with Gasteiger partial charge in [-0.3, -0.25) is 0 Å². The first-order valence-electron chi connectivity index (χ1n) is 8.91. The molecule has 0 saturated heterocycles. The maximum Gasteiger partial charge on any atom is 0.191 e. The highest BCUT2D eigenvalue weighted by Crippen LogP contribution is 2.19. The zero-order chi connectivity index (χ0) is 19.6. The van der Waals surface area contributed by atoms with Crippen LogP contribution < -0.4 is 15.4 Å². The third-order valence-electron chi connectivity index (χ3n) is 4.06. The number of guanidine groups is 1. The van der Waals surface area contributed by atoms with Gasteiger partial charge in [-0.1, -0.05) is 23.8 Å². The van der Waals surface area contributed by atoms with Crippen LogP contribution in [0.5, 0.6) is 5.75 Å². The van der Waals surface area contributed by atoms with Crippen LogP contribution in [0.15, 0.2) is 41.4 Å². The third-order valence-corrected chi connectivity index (χ3v) is 4.06. The van der Waals surface area contributed by atoms with Gasteiger partial charge in [-0.2, -0.15) is 5.26 Å². The van der Waals surface area contributed by atoms with Gasteiger partial charge in [0.05, 0.1) is 25.3 Å². The lowest BCUT2D eigenvalue weighted by molar-refractivity contribution is 0.409. The Morgan fingerprint density at radius 2 is 2.00 bits per heavy atom. The van der Waals surface area contributed by atoms with E-state index in [1.54, 1.807) is 19.2 Å². The quantitative estimate of drug-likeness (QED) is 0.581. The highest BCUT2D eigenvalue weighted by molar-refractivity contribution is 5.79. The molecule has 5 nitrogen and oxygen atoms in total. The molecule has 6 heteroatoms. The Hall–Kier alpha value is -3.07. The first-order chi connectivity index (χ1) is 13.1. The summed E-state index contributed by atoms with van der Waals surface area (Å²) in [6, 6.07) is 12.4. The minimum atomic E-state index is -0.418. The van der Waals surface area contributed by atoms with Crippen molar-refractivity contribution < 1.29 is 9.13 Å². The van der Waals surface area contributed by atoms with E-state index in [1.165, 1.54) is 11.6 Å². The minimum absolute atomic E-state index is 0.195. The molecule has 0 atom stereocenters. The molecule has 0 aromatic heterocycles. The summed E-state index contributed by atoms with van der Waals surface area (Å²) >= 11 is 0. The Balaban J connectivity index is 2.00. The van der Waals surface area contributed by atoms with Gasteiger partial charge >= 0.3 is 0 Å². The van der Waals surface area contributed by atoms with Gasteiger partial charge in [0, 0.05) is 18.7 Å². The van der Waals surface area contributed by atoms with E-state index in [9.17, 15) is 4.39 Å². The largest absolute Gasteiger partial charge is 0.496 e. The van der Waals surface area contributed by atoms with Crippen LogP contribution >= 0.6 is 0 Å². The van der Waals surface area contributed by atoms with E-state index in [4.69, 9.17) is 10.00 Å². The maximum atomic E-state index is 14.0. The molecule has 0 fully saturated rings. The molecule has 0 aliphatic carbocycles. The molecular weight excluding hydrogens is 343 g/mol. The van der Waals surface area contributed by atoms with E-state index in [0.29, 0.717) is 30.2 Å². The standard InChI is InChI=1S/C21H25FN4O/c1-4-24-21(26-14-18-7-6-16(13-23)12-19(18)22)25-10-9-17-11-15(2)5-8-20(17)27-3/h5-8,11-12H,4,9-10,14H2,1-3H3,(H2,24,25,26). The predicted molar refractivity (Wildman–Crippen MR) is 105 cm³/mol. The highest BCUT2D eigenvalue weighted by atomic mass is 19.1. The van der Waals surface area contributed by atoms with Gasteiger partial charge < -0.3 is 15.4 Å². The van der Waals surface area contributed by atoms with Gasteiger partial charge in [-0.05, 0) is 44.0 Å². The second-order valence-electron chi connectivity index (χ2n) is 6.11. The number of aryl methyl sites for hydroxylation is 1. The van der Waals surface area contributed by atoms with Crippen LogP contribution in [-0.2, 0) is 13.0 Å². The van der Waals surface area contributed by atoms with Gasteiger partial charge in [0.2, 0.25) is 0 Å². The molecule has 142 valence electrons. The number of halogens is 1. The zero-order valence-electron chi connectivity index (χ0n) is 16.0. The predicted octanol–water partition coefficient (Wildman–Crippen LogP) is 3.31. The van der Waals surface area contributed by atoms with Crippen molar-refractivity contribution in [2.75, 3.05) is 20.2 Å². The van der Waals surface area contributed by atoms with Crippen LogP contribution in [0, 0.1) is 24.1 Å². The van der Waals surface area contributed by atoms with Crippen molar-refractivity contribution in [3.8, 4) is 11.8 Å². The molecule has 0 aliphatic rings. The number of rotatable bonds is 7. The summed E-state index contributed by atoms with van der Waals surface area (Å²) in [6.07, 6.45) is 0.778. The smallest absolute Gasteiger partial charge is 0.191 e. The lowest BCUT2D eigenvalue weighted by atomic mass is 10.1. The SMILES string of the molecule is CCNC(=NCc1ccc(C#N)cc1F)NCCc1cc(C)ccc1OC. The number of nitriles is 1. The van der Waals surface area contributed by atoms with Crippen LogP contribution in [0.4, 0.5) is 4.39 Å². The van der Waals surface area contributed by atoms with Crippen LogP contribution in [0.25, 0.3) is 0 Å². The molecule has 0 spiro atoms. The Morgan fingerprint density at radius 1 is 1.19 bits per heavy atom. The van der Waals surface area contributed by atoms with E-state index in [0.717, 1.165) is 17.7 Å². The van der Waals surface area contributed by atoms with Crippen molar-refractivity contribution >= 4 is 5.96 Å². The van der Waals surface area contributed by atoms with Gasteiger partial charge in [0.25, 0.3) is 0 Å². The molecule has 27 heavy (non-hydrogen) atoms. The Labute approximate surface area is 159 Å². The van der Waals surface area contributed by atoms with E-state index in [2.05, 4.69) is 21.7 Å². The lowest BCUT2D eigenvalue weighted by Gasteiger charge is -2.13. The Kier molecular flexibility index (Phi) is 7.63. The lowest BCUT2D eigenvalue weighted by Crippen LogP contribution is -2.38. The average Bonchev–Trinajstić information content (AvgIpc) is 2.67. The van der Waals surface area contributed by atoms with Crippen LogP contribution in [0.1, 0.15) is 29.2 Å².